The maximum absolute atomic E-state index is 11.1. The van der Waals surface area contributed by atoms with Crippen LogP contribution in [-0.4, -0.2) is 35.8 Å². The molecule has 0 N–H and O–H groups in total. The van der Waals surface area contributed by atoms with Crippen molar-refractivity contribution >= 4 is 6.29 Å². The van der Waals surface area contributed by atoms with E-state index in [1.165, 1.54) is 11.1 Å². The van der Waals surface area contributed by atoms with Crippen molar-refractivity contribution in [3.8, 4) is 0 Å². The molecule has 130 valence electrons. The lowest BCUT2D eigenvalue weighted by molar-refractivity contribution is -0.108. The Balaban J connectivity index is 2.12. The molecule has 0 saturated carbocycles. The highest BCUT2D eigenvalue weighted by Gasteiger charge is 2.52. The molecule has 25 heavy (non-hydrogen) atoms. The maximum Gasteiger partial charge on any atom is 0.120 e. The predicted molar refractivity (Wildman–Crippen MR) is 102 cm³/mol. The van der Waals surface area contributed by atoms with E-state index in [0.717, 1.165) is 12.7 Å². The molecular weight excluding hydrogens is 308 g/mol. The molecule has 0 unspecified atom stereocenters. The van der Waals surface area contributed by atoms with E-state index >= 15 is 0 Å². The van der Waals surface area contributed by atoms with Crippen molar-refractivity contribution < 1.29 is 4.79 Å². The van der Waals surface area contributed by atoms with E-state index in [0.29, 0.717) is 6.42 Å². The van der Waals surface area contributed by atoms with E-state index in [1.807, 2.05) is 18.2 Å². The minimum atomic E-state index is -0.345. The van der Waals surface area contributed by atoms with Crippen LogP contribution in [0.5, 0.6) is 0 Å². The summed E-state index contributed by atoms with van der Waals surface area (Å²) in [7, 11) is 4.28. The molecule has 1 heterocycles. The summed E-state index contributed by atoms with van der Waals surface area (Å²) < 4.78 is 0. The molecule has 2 aromatic carbocycles. The summed E-state index contributed by atoms with van der Waals surface area (Å²) in [5.74, 6) is 0. The van der Waals surface area contributed by atoms with Gasteiger partial charge in [0, 0.05) is 6.42 Å². The summed E-state index contributed by atoms with van der Waals surface area (Å²) in [6.07, 6.45) is 4.25. The van der Waals surface area contributed by atoms with E-state index in [1.54, 1.807) is 0 Å². The second-order valence-corrected chi connectivity index (χ2v) is 6.72. The van der Waals surface area contributed by atoms with Gasteiger partial charge >= 0.3 is 0 Å². The molecule has 0 spiro atoms. The van der Waals surface area contributed by atoms with Gasteiger partial charge < -0.3 is 4.79 Å². The van der Waals surface area contributed by atoms with E-state index in [2.05, 4.69) is 79.0 Å². The molecule has 0 radical (unpaired) electrons. The van der Waals surface area contributed by atoms with Crippen LogP contribution in [0.4, 0.5) is 0 Å². The van der Waals surface area contributed by atoms with Crippen LogP contribution >= 0.6 is 0 Å². The van der Waals surface area contributed by atoms with Gasteiger partial charge in [0.1, 0.15) is 6.29 Å². The third-order valence-electron chi connectivity index (χ3n) is 5.59. The summed E-state index contributed by atoms with van der Waals surface area (Å²) in [5.41, 5.74) is 2.21. The van der Waals surface area contributed by atoms with Crippen molar-refractivity contribution in [2.75, 3.05) is 14.1 Å². The zero-order chi connectivity index (χ0) is 17.9. The van der Waals surface area contributed by atoms with Gasteiger partial charge in [0.2, 0.25) is 0 Å². The van der Waals surface area contributed by atoms with Crippen LogP contribution in [0.1, 0.15) is 36.1 Å². The minimum absolute atomic E-state index is 0.193. The van der Waals surface area contributed by atoms with Crippen LogP contribution in [0, 0.1) is 0 Å². The molecule has 3 nitrogen and oxygen atoms in total. The Kier molecular flexibility index (Phi) is 5.16. The van der Waals surface area contributed by atoms with Crippen molar-refractivity contribution in [3.63, 3.8) is 0 Å². The number of hydrogen-bond acceptors (Lipinski definition) is 3. The number of likely N-dealkylation sites (N-methyl/N-ethyl adjacent to an activating group) is 2. The van der Waals surface area contributed by atoms with E-state index in [4.69, 9.17) is 0 Å². The first-order valence-electron chi connectivity index (χ1n) is 8.78. The van der Waals surface area contributed by atoms with Gasteiger partial charge in [-0.2, -0.15) is 0 Å². The number of aldehydes is 1. The van der Waals surface area contributed by atoms with Crippen LogP contribution in [0.15, 0.2) is 73.3 Å². The van der Waals surface area contributed by atoms with Gasteiger partial charge in [0.15, 0.2) is 0 Å². The van der Waals surface area contributed by atoms with Gasteiger partial charge in [-0.3, -0.25) is 9.80 Å². The van der Waals surface area contributed by atoms with Crippen molar-refractivity contribution in [2.24, 2.45) is 0 Å². The molecule has 1 aliphatic rings. The topological polar surface area (TPSA) is 23.6 Å². The fraction of sp³-hybridized carbons (Fsp3) is 0.318. The standard InChI is InChI=1S/C22H26N2O/c1-4-22(16-11-17-25)23(2)20(18-12-7-5-8-13-18)21(24(22)3)19-14-9-6-10-15-19/h4-10,12-15,17,20-21H,1,11,16H2,2-3H3/t20-,21-/m0/s1. The first kappa shape index (κ1) is 17.6. The average Bonchev–Trinajstić information content (AvgIpc) is 2.89. The number of hydrogen-bond donors (Lipinski definition) is 0. The average molecular weight is 334 g/mol. The van der Waals surface area contributed by atoms with Gasteiger partial charge in [-0.1, -0.05) is 73.3 Å². The predicted octanol–water partition coefficient (Wildman–Crippen LogP) is 4.21. The summed E-state index contributed by atoms with van der Waals surface area (Å²) >= 11 is 0. The molecule has 2 aromatic rings. The van der Waals surface area contributed by atoms with Crippen LogP contribution in [0.3, 0.4) is 0 Å². The number of carbonyl (C=O) groups is 1. The summed E-state index contributed by atoms with van der Waals surface area (Å²) in [6, 6.07) is 21.6. The molecular formula is C22H26N2O. The Hall–Kier alpha value is -2.23. The van der Waals surface area contributed by atoms with Crippen LogP contribution < -0.4 is 0 Å². The molecule has 0 aromatic heterocycles. The fourth-order valence-electron chi connectivity index (χ4n) is 4.28. The molecule has 0 amide bonds. The van der Waals surface area contributed by atoms with Crippen molar-refractivity contribution in [2.45, 2.75) is 30.6 Å². The van der Waals surface area contributed by atoms with Crippen LogP contribution in [0.25, 0.3) is 0 Å². The highest BCUT2D eigenvalue weighted by Crippen LogP contribution is 2.51. The fourth-order valence-corrected chi connectivity index (χ4v) is 4.28. The van der Waals surface area contributed by atoms with E-state index in [9.17, 15) is 4.79 Å². The Morgan fingerprint density at radius 2 is 1.36 bits per heavy atom. The summed E-state index contributed by atoms with van der Waals surface area (Å²) in [5, 5.41) is 0. The van der Waals surface area contributed by atoms with E-state index in [-0.39, 0.29) is 17.7 Å². The Morgan fingerprint density at radius 1 is 0.920 bits per heavy atom. The second-order valence-electron chi connectivity index (χ2n) is 6.72. The number of benzene rings is 2. The first-order chi connectivity index (χ1) is 12.2. The van der Waals surface area contributed by atoms with Crippen LogP contribution in [0.2, 0.25) is 0 Å². The third kappa shape index (κ3) is 2.94. The van der Waals surface area contributed by atoms with Crippen LogP contribution in [-0.2, 0) is 4.79 Å². The highest BCUT2D eigenvalue weighted by atomic mass is 16.1. The minimum Gasteiger partial charge on any atom is -0.303 e. The van der Waals surface area contributed by atoms with Gasteiger partial charge in [0.05, 0.1) is 17.7 Å². The summed E-state index contributed by atoms with van der Waals surface area (Å²) in [4.78, 5) is 15.8. The molecule has 3 heteroatoms. The SMILES string of the molecule is C=CC1(CCC=O)N(C)[C@@H](c2ccccc2)[C@H](c2ccccc2)N1C. The maximum atomic E-state index is 11.1. The Morgan fingerprint density at radius 3 is 1.72 bits per heavy atom. The van der Waals surface area contributed by atoms with Gasteiger partial charge in [-0.15, -0.1) is 0 Å². The normalized spacial score (nSPS) is 23.4. The second kappa shape index (κ2) is 7.34. The number of nitrogens with zero attached hydrogens (tertiary/aromatic N) is 2. The Labute approximate surface area is 150 Å². The molecule has 1 aliphatic heterocycles. The Bertz CT molecular complexity index is 662. The molecule has 2 atom stereocenters. The molecule has 0 bridgehead atoms. The smallest absolute Gasteiger partial charge is 0.120 e. The summed E-state index contributed by atoms with van der Waals surface area (Å²) in [6.45, 7) is 4.13. The number of carbonyl (C=O) groups excluding carboxylic acids is 1. The zero-order valence-corrected chi connectivity index (χ0v) is 15.0. The number of rotatable bonds is 6. The van der Waals surface area contributed by atoms with Crippen molar-refractivity contribution in [1.29, 1.82) is 0 Å². The molecule has 1 saturated heterocycles. The molecule has 1 fully saturated rings. The van der Waals surface area contributed by atoms with Gasteiger partial charge in [0.25, 0.3) is 0 Å². The first-order valence-corrected chi connectivity index (χ1v) is 8.78. The zero-order valence-electron chi connectivity index (χ0n) is 15.0. The monoisotopic (exact) mass is 334 g/mol. The lowest BCUT2D eigenvalue weighted by atomic mass is 9.93. The lowest BCUT2D eigenvalue weighted by Gasteiger charge is -2.39. The molecule has 0 aliphatic carbocycles. The van der Waals surface area contributed by atoms with E-state index < -0.39 is 0 Å². The van der Waals surface area contributed by atoms with Gasteiger partial charge in [-0.05, 0) is 31.6 Å². The van der Waals surface area contributed by atoms with Crippen molar-refractivity contribution in [1.82, 2.24) is 9.80 Å². The largest absolute Gasteiger partial charge is 0.303 e. The van der Waals surface area contributed by atoms with Gasteiger partial charge in [-0.25, -0.2) is 0 Å². The third-order valence-corrected chi connectivity index (χ3v) is 5.59. The quantitative estimate of drug-likeness (QED) is 0.584. The van der Waals surface area contributed by atoms with Crippen molar-refractivity contribution in [3.05, 3.63) is 84.4 Å². The molecule has 3 rings (SSSR count). The highest BCUT2D eigenvalue weighted by molar-refractivity contribution is 5.49. The lowest BCUT2D eigenvalue weighted by Crippen LogP contribution is -2.49.